The normalized spacial score (nSPS) is 18.4. The minimum atomic E-state index is 0. The highest BCUT2D eigenvalue weighted by Gasteiger charge is 2.21. The molecule has 1 aliphatic rings. The third kappa shape index (κ3) is 8.46. The number of likely N-dealkylation sites (N-methyl/N-ethyl adjacent to an activating group) is 1. The molecule has 0 N–H and O–H groups in total. The molecule has 2 rings (SSSR count). The standard InChI is InChI=1S/C19H27ClN2O.2ClH/c1-19(2,3)10-6-5-8-15-12-17(13-21-18(15)20)23-14-16-9-7-11-22(16)4;;/h5-6,8,10,12-13,16H,7,9,11,14H2,1-4H3;2*1H/t16-;;/m1../s1. The first-order chi connectivity index (χ1) is 10.8. The minimum absolute atomic E-state index is 0. The van der Waals surface area contributed by atoms with Crippen molar-refractivity contribution >= 4 is 42.5 Å². The molecule has 6 heteroatoms. The summed E-state index contributed by atoms with van der Waals surface area (Å²) in [6.07, 6.45) is 12.3. The maximum absolute atomic E-state index is 6.17. The van der Waals surface area contributed by atoms with Crippen LogP contribution in [0.15, 0.2) is 30.5 Å². The van der Waals surface area contributed by atoms with Crippen LogP contribution in [0.25, 0.3) is 6.08 Å². The Morgan fingerprint density at radius 3 is 2.64 bits per heavy atom. The molecule has 1 fully saturated rings. The quantitative estimate of drug-likeness (QED) is 0.464. The van der Waals surface area contributed by atoms with E-state index in [0.717, 1.165) is 17.9 Å². The number of pyridine rings is 1. The fourth-order valence-corrected chi connectivity index (χ4v) is 2.69. The number of allylic oxidation sites excluding steroid dienone is 3. The largest absolute Gasteiger partial charge is 0.490 e. The summed E-state index contributed by atoms with van der Waals surface area (Å²) in [7, 11) is 2.15. The van der Waals surface area contributed by atoms with E-state index < -0.39 is 0 Å². The molecule has 1 atom stereocenters. The van der Waals surface area contributed by atoms with Crippen molar-refractivity contribution in [3.63, 3.8) is 0 Å². The molecule has 0 aromatic carbocycles. The van der Waals surface area contributed by atoms with Crippen molar-refractivity contribution in [2.45, 2.75) is 39.7 Å². The SMILES string of the molecule is CN1CCC[C@@H]1COc1cnc(Cl)c(C=CC=CC(C)(C)C)c1.Cl.Cl. The Labute approximate surface area is 169 Å². The number of ether oxygens (including phenoxy) is 1. The average Bonchev–Trinajstić information content (AvgIpc) is 2.88. The summed E-state index contributed by atoms with van der Waals surface area (Å²) >= 11 is 6.17. The van der Waals surface area contributed by atoms with Gasteiger partial charge in [-0.15, -0.1) is 24.8 Å². The zero-order valence-corrected chi connectivity index (χ0v) is 17.8. The monoisotopic (exact) mass is 406 g/mol. The van der Waals surface area contributed by atoms with Crippen molar-refractivity contribution in [2.24, 2.45) is 5.41 Å². The fourth-order valence-electron chi connectivity index (χ4n) is 2.53. The van der Waals surface area contributed by atoms with Gasteiger partial charge in [0.1, 0.15) is 17.5 Å². The van der Waals surface area contributed by atoms with Gasteiger partial charge >= 0.3 is 0 Å². The highest BCUT2D eigenvalue weighted by molar-refractivity contribution is 6.30. The number of nitrogens with zero attached hydrogens (tertiary/aromatic N) is 2. The predicted molar refractivity (Wildman–Crippen MR) is 113 cm³/mol. The summed E-state index contributed by atoms with van der Waals surface area (Å²) in [5, 5.41) is 0.496. The van der Waals surface area contributed by atoms with E-state index in [9.17, 15) is 0 Å². The fraction of sp³-hybridized carbons (Fsp3) is 0.526. The molecule has 0 unspecified atom stereocenters. The number of rotatable bonds is 5. The van der Waals surface area contributed by atoms with Gasteiger partial charge in [-0.05, 0) is 37.9 Å². The molecule has 3 nitrogen and oxygen atoms in total. The van der Waals surface area contributed by atoms with Gasteiger partial charge in [0.2, 0.25) is 0 Å². The van der Waals surface area contributed by atoms with Crippen molar-refractivity contribution in [2.75, 3.05) is 20.2 Å². The van der Waals surface area contributed by atoms with E-state index in [1.165, 1.54) is 12.8 Å². The lowest BCUT2D eigenvalue weighted by molar-refractivity contribution is 0.198. The van der Waals surface area contributed by atoms with Crippen LogP contribution in [-0.2, 0) is 0 Å². The average molecular weight is 408 g/mol. The molecule has 0 amide bonds. The smallest absolute Gasteiger partial charge is 0.138 e. The summed E-state index contributed by atoms with van der Waals surface area (Å²) in [5.41, 5.74) is 1.05. The number of halogens is 3. The Morgan fingerprint density at radius 2 is 2.04 bits per heavy atom. The number of hydrogen-bond acceptors (Lipinski definition) is 3. The van der Waals surface area contributed by atoms with Gasteiger partial charge in [-0.3, -0.25) is 0 Å². The van der Waals surface area contributed by atoms with Crippen LogP contribution in [0.4, 0.5) is 0 Å². The van der Waals surface area contributed by atoms with Crippen molar-refractivity contribution in [3.8, 4) is 5.75 Å². The van der Waals surface area contributed by atoms with E-state index in [0.29, 0.717) is 17.8 Å². The zero-order chi connectivity index (χ0) is 16.9. The molecule has 0 bridgehead atoms. The van der Waals surface area contributed by atoms with Gasteiger partial charge in [-0.1, -0.05) is 56.7 Å². The van der Waals surface area contributed by atoms with Crippen LogP contribution in [0, 0.1) is 5.41 Å². The number of hydrogen-bond donors (Lipinski definition) is 0. The summed E-state index contributed by atoms with van der Waals surface area (Å²) in [5.74, 6) is 0.772. The molecule has 1 aliphatic heterocycles. The lowest BCUT2D eigenvalue weighted by Gasteiger charge is -2.19. The van der Waals surface area contributed by atoms with E-state index in [2.05, 4.69) is 43.8 Å². The second kappa shape index (κ2) is 11.1. The maximum Gasteiger partial charge on any atom is 0.138 e. The minimum Gasteiger partial charge on any atom is -0.490 e. The van der Waals surface area contributed by atoms with Gasteiger partial charge in [0.25, 0.3) is 0 Å². The molecule has 0 saturated carbocycles. The second-order valence-corrected chi connectivity index (χ2v) is 7.58. The first kappa shape index (κ1) is 24.3. The van der Waals surface area contributed by atoms with E-state index in [-0.39, 0.29) is 30.2 Å². The van der Waals surface area contributed by atoms with Gasteiger partial charge in [0, 0.05) is 11.6 Å². The molecule has 2 heterocycles. The molecule has 142 valence electrons. The van der Waals surface area contributed by atoms with Crippen molar-refractivity contribution in [3.05, 3.63) is 41.2 Å². The van der Waals surface area contributed by atoms with Gasteiger partial charge in [0.05, 0.1) is 6.20 Å². The summed E-state index contributed by atoms with van der Waals surface area (Å²) in [6.45, 7) is 8.36. The summed E-state index contributed by atoms with van der Waals surface area (Å²) in [4.78, 5) is 6.57. The van der Waals surface area contributed by atoms with E-state index in [4.69, 9.17) is 16.3 Å². The highest BCUT2D eigenvalue weighted by atomic mass is 35.5. The van der Waals surface area contributed by atoms with Crippen LogP contribution in [0.2, 0.25) is 5.15 Å². The Balaban J connectivity index is 0.00000288. The van der Waals surface area contributed by atoms with Crippen LogP contribution < -0.4 is 4.74 Å². The molecule has 1 aromatic rings. The van der Waals surface area contributed by atoms with Crippen LogP contribution in [0.1, 0.15) is 39.2 Å². The second-order valence-electron chi connectivity index (χ2n) is 7.22. The van der Waals surface area contributed by atoms with Crippen LogP contribution >= 0.6 is 36.4 Å². The number of aromatic nitrogens is 1. The zero-order valence-electron chi connectivity index (χ0n) is 15.4. The third-order valence-electron chi connectivity index (χ3n) is 3.94. The Morgan fingerprint density at radius 1 is 1.32 bits per heavy atom. The molecule has 1 saturated heterocycles. The van der Waals surface area contributed by atoms with Crippen LogP contribution in [0.3, 0.4) is 0 Å². The molecule has 0 radical (unpaired) electrons. The molecular weight excluding hydrogens is 379 g/mol. The predicted octanol–water partition coefficient (Wildman–Crippen LogP) is 5.67. The van der Waals surface area contributed by atoms with Gasteiger partial charge in [-0.2, -0.15) is 0 Å². The topological polar surface area (TPSA) is 25.4 Å². The molecule has 1 aromatic heterocycles. The third-order valence-corrected chi connectivity index (χ3v) is 4.25. The lowest BCUT2D eigenvalue weighted by atomic mass is 9.96. The highest BCUT2D eigenvalue weighted by Crippen LogP contribution is 2.22. The van der Waals surface area contributed by atoms with Crippen molar-refractivity contribution in [1.82, 2.24) is 9.88 Å². The van der Waals surface area contributed by atoms with E-state index in [1.54, 1.807) is 6.20 Å². The summed E-state index contributed by atoms with van der Waals surface area (Å²) < 4.78 is 5.90. The van der Waals surface area contributed by atoms with Crippen LogP contribution in [0.5, 0.6) is 5.75 Å². The Hall–Kier alpha value is -0.740. The summed E-state index contributed by atoms with van der Waals surface area (Å²) in [6, 6.07) is 2.45. The Kier molecular flexibility index (Phi) is 10.7. The van der Waals surface area contributed by atoms with Crippen LogP contribution in [-0.4, -0.2) is 36.1 Å². The Bertz CT molecular complexity index is 583. The molecular formula is C19H29Cl3N2O. The van der Waals surface area contributed by atoms with Crippen molar-refractivity contribution in [1.29, 1.82) is 0 Å². The van der Waals surface area contributed by atoms with E-state index >= 15 is 0 Å². The number of likely N-dealkylation sites (tertiary alicyclic amines) is 1. The lowest BCUT2D eigenvalue weighted by Crippen LogP contribution is -2.30. The molecule has 25 heavy (non-hydrogen) atoms. The van der Waals surface area contributed by atoms with Gasteiger partial charge in [-0.25, -0.2) is 4.98 Å². The van der Waals surface area contributed by atoms with Crippen molar-refractivity contribution < 1.29 is 4.74 Å². The van der Waals surface area contributed by atoms with Gasteiger partial charge in [0.15, 0.2) is 0 Å². The van der Waals surface area contributed by atoms with Gasteiger partial charge < -0.3 is 9.64 Å². The maximum atomic E-state index is 6.17. The molecule has 0 spiro atoms. The van der Waals surface area contributed by atoms with E-state index in [1.807, 2.05) is 24.3 Å². The molecule has 0 aliphatic carbocycles. The first-order valence-electron chi connectivity index (χ1n) is 8.20. The first-order valence-corrected chi connectivity index (χ1v) is 8.57.